The molecule has 1 atom stereocenters. The molecule has 1 fully saturated rings. The van der Waals surface area contributed by atoms with E-state index in [-0.39, 0.29) is 11.2 Å². The zero-order chi connectivity index (χ0) is 20.6. The van der Waals surface area contributed by atoms with Gasteiger partial charge in [-0.2, -0.15) is 0 Å². The van der Waals surface area contributed by atoms with Gasteiger partial charge in [0.1, 0.15) is 9.84 Å². The molecule has 1 heterocycles. The van der Waals surface area contributed by atoms with E-state index in [1.807, 2.05) is 11.8 Å². The molecule has 28 heavy (non-hydrogen) atoms. The molecule has 0 aliphatic carbocycles. The van der Waals surface area contributed by atoms with Crippen molar-refractivity contribution in [2.75, 3.05) is 43.9 Å². The number of hydrogen-bond acceptors (Lipinski definition) is 4. The first-order chi connectivity index (χ1) is 13.2. The molecule has 1 aromatic rings. The molecule has 2 rings (SSSR count). The Morgan fingerprint density at radius 3 is 2.68 bits per heavy atom. The number of aliphatic imine (C=N–C) groups is 1. The standard InChI is InChI=1S/C21H35N3O2S2/c1-5-22-20(23-17-21(2,3)12-14-28(4,25)26)24-13-11-18(15-24)16-27-19-9-7-6-8-10-19/h6-10,18H,5,11-17H2,1-4H3,(H,22,23). The second-order valence-corrected chi connectivity index (χ2v) is 11.8. The smallest absolute Gasteiger partial charge is 0.193 e. The number of nitrogens with zero attached hydrogens (tertiary/aromatic N) is 2. The van der Waals surface area contributed by atoms with Crippen LogP contribution in [0.4, 0.5) is 0 Å². The maximum Gasteiger partial charge on any atom is 0.193 e. The van der Waals surface area contributed by atoms with Crippen LogP contribution < -0.4 is 5.32 Å². The van der Waals surface area contributed by atoms with E-state index in [2.05, 4.69) is 61.3 Å². The van der Waals surface area contributed by atoms with Crippen LogP contribution in [-0.4, -0.2) is 63.2 Å². The van der Waals surface area contributed by atoms with Crippen molar-refractivity contribution in [3.63, 3.8) is 0 Å². The molecule has 0 saturated carbocycles. The van der Waals surface area contributed by atoms with Crippen LogP contribution in [0.5, 0.6) is 0 Å². The van der Waals surface area contributed by atoms with Gasteiger partial charge in [-0.05, 0) is 43.2 Å². The maximum atomic E-state index is 11.5. The van der Waals surface area contributed by atoms with Crippen molar-refractivity contribution >= 4 is 27.6 Å². The van der Waals surface area contributed by atoms with Crippen molar-refractivity contribution < 1.29 is 8.42 Å². The minimum absolute atomic E-state index is 0.133. The number of thioether (sulfide) groups is 1. The van der Waals surface area contributed by atoms with Crippen molar-refractivity contribution in [1.82, 2.24) is 10.2 Å². The van der Waals surface area contributed by atoms with Gasteiger partial charge in [0.05, 0.1) is 5.75 Å². The van der Waals surface area contributed by atoms with Crippen LogP contribution in [0.1, 0.15) is 33.6 Å². The summed E-state index contributed by atoms with van der Waals surface area (Å²) in [6.07, 6.45) is 3.11. The second kappa shape index (κ2) is 10.5. The quantitative estimate of drug-likeness (QED) is 0.373. The molecule has 0 radical (unpaired) electrons. The molecule has 5 nitrogen and oxygen atoms in total. The van der Waals surface area contributed by atoms with E-state index < -0.39 is 9.84 Å². The summed E-state index contributed by atoms with van der Waals surface area (Å²) in [6, 6.07) is 10.6. The van der Waals surface area contributed by atoms with E-state index in [1.165, 1.54) is 17.6 Å². The average molecular weight is 426 g/mol. The summed E-state index contributed by atoms with van der Waals surface area (Å²) in [4.78, 5) is 8.53. The number of guanidine groups is 1. The summed E-state index contributed by atoms with van der Waals surface area (Å²) in [6.45, 7) is 9.78. The minimum atomic E-state index is -2.94. The number of likely N-dealkylation sites (tertiary alicyclic amines) is 1. The Labute approximate surface area is 175 Å². The predicted octanol–water partition coefficient (Wildman–Crippen LogP) is 3.53. The fraction of sp³-hybridized carbons (Fsp3) is 0.667. The molecular weight excluding hydrogens is 390 g/mol. The van der Waals surface area contributed by atoms with Gasteiger partial charge in [0, 0.05) is 43.1 Å². The fourth-order valence-electron chi connectivity index (χ4n) is 3.15. The molecule has 0 spiro atoms. The van der Waals surface area contributed by atoms with E-state index in [1.54, 1.807) is 0 Å². The number of sulfone groups is 1. The molecule has 1 saturated heterocycles. The van der Waals surface area contributed by atoms with Gasteiger partial charge in [0.2, 0.25) is 0 Å². The highest BCUT2D eigenvalue weighted by Gasteiger charge is 2.26. The highest BCUT2D eigenvalue weighted by molar-refractivity contribution is 7.99. The summed E-state index contributed by atoms with van der Waals surface area (Å²) >= 11 is 1.93. The first kappa shape index (κ1) is 23.1. The molecule has 7 heteroatoms. The van der Waals surface area contributed by atoms with Gasteiger partial charge in [-0.25, -0.2) is 8.42 Å². The van der Waals surface area contributed by atoms with Crippen molar-refractivity contribution in [1.29, 1.82) is 0 Å². The first-order valence-corrected chi connectivity index (χ1v) is 13.1. The first-order valence-electron chi connectivity index (χ1n) is 10.1. The third-order valence-corrected chi connectivity index (χ3v) is 7.14. The molecule has 1 N–H and O–H groups in total. The number of nitrogens with one attached hydrogen (secondary N) is 1. The van der Waals surface area contributed by atoms with Crippen LogP contribution in [-0.2, 0) is 9.84 Å². The lowest BCUT2D eigenvalue weighted by Gasteiger charge is -2.26. The average Bonchev–Trinajstić information content (AvgIpc) is 3.11. The third kappa shape index (κ3) is 8.43. The largest absolute Gasteiger partial charge is 0.357 e. The van der Waals surface area contributed by atoms with Crippen LogP contribution in [0.25, 0.3) is 0 Å². The molecule has 1 unspecified atom stereocenters. The number of hydrogen-bond donors (Lipinski definition) is 1. The van der Waals surface area contributed by atoms with Gasteiger partial charge in [0.25, 0.3) is 0 Å². The van der Waals surface area contributed by atoms with Crippen LogP contribution in [0.15, 0.2) is 40.2 Å². The van der Waals surface area contributed by atoms with Gasteiger partial charge in [-0.1, -0.05) is 32.0 Å². The van der Waals surface area contributed by atoms with Crippen LogP contribution in [0.3, 0.4) is 0 Å². The molecule has 0 aromatic heterocycles. The van der Waals surface area contributed by atoms with Gasteiger partial charge >= 0.3 is 0 Å². The maximum absolute atomic E-state index is 11.5. The van der Waals surface area contributed by atoms with E-state index in [9.17, 15) is 8.42 Å². The van der Waals surface area contributed by atoms with E-state index in [0.717, 1.165) is 31.3 Å². The highest BCUT2D eigenvalue weighted by atomic mass is 32.2. The molecule has 1 aliphatic heterocycles. The SMILES string of the molecule is CCNC(=NCC(C)(C)CCS(C)(=O)=O)N1CCC(CSc2ccccc2)C1. The highest BCUT2D eigenvalue weighted by Crippen LogP contribution is 2.26. The monoisotopic (exact) mass is 425 g/mol. The zero-order valence-electron chi connectivity index (χ0n) is 17.6. The zero-order valence-corrected chi connectivity index (χ0v) is 19.3. The Morgan fingerprint density at radius 2 is 2.04 bits per heavy atom. The number of benzene rings is 1. The Morgan fingerprint density at radius 1 is 1.32 bits per heavy atom. The third-order valence-electron chi connectivity index (χ3n) is 4.96. The van der Waals surface area contributed by atoms with E-state index >= 15 is 0 Å². The van der Waals surface area contributed by atoms with Gasteiger partial charge in [-0.3, -0.25) is 4.99 Å². The summed E-state index contributed by atoms with van der Waals surface area (Å²) in [5.41, 5.74) is -0.133. The summed E-state index contributed by atoms with van der Waals surface area (Å²) in [5.74, 6) is 2.96. The van der Waals surface area contributed by atoms with Crippen molar-refractivity contribution in [3.05, 3.63) is 30.3 Å². The van der Waals surface area contributed by atoms with Gasteiger partial charge in [0.15, 0.2) is 5.96 Å². The summed E-state index contributed by atoms with van der Waals surface area (Å²) < 4.78 is 22.9. The lowest BCUT2D eigenvalue weighted by molar-refractivity contribution is 0.361. The van der Waals surface area contributed by atoms with E-state index in [4.69, 9.17) is 4.99 Å². The Kier molecular flexibility index (Phi) is 8.68. The number of rotatable bonds is 9. The Bertz CT molecular complexity index is 733. The molecule has 0 amide bonds. The molecular formula is C21H35N3O2S2. The van der Waals surface area contributed by atoms with Crippen molar-refractivity contribution in [3.8, 4) is 0 Å². The second-order valence-electron chi connectivity index (χ2n) is 8.44. The van der Waals surface area contributed by atoms with Crippen molar-refractivity contribution in [2.45, 2.75) is 38.5 Å². The van der Waals surface area contributed by atoms with Crippen molar-refractivity contribution in [2.24, 2.45) is 16.3 Å². The Balaban J connectivity index is 1.89. The van der Waals surface area contributed by atoms with Crippen LogP contribution in [0.2, 0.25) is 0 Å². The normalized spacial score (nSPS) is 18.5. The molecule has 1 aliphatic rings. The lowest BCUT2D eigenvalue weighted by atomic mass is 9.90. The van der Waals surface area contributed by atoms with Gasteiger partial charge < -0.3 is 10.2 Å². The predicted molar refractivity (Wildman–Crippen MR) is 121 cm³/mol. The van der Waals surface area contributed by atoms with Crippen LogP contribution in [0, 0.1) is 11.3 Å². The minimum Gasteiger partial charge on any atom is -0.357 e. The fourth-order valence-corrected chi connectivity index (χ4v) is 5.12. The topological polar surface area (TPSA) is 61.8 Å². The summed E-state index contributed by atoms with van der Waals surface area (Å²) in [5, 5.41) is 3.41. The summed E-state index contributed by atoms with van der Waals surface area (Å²) in [7, 11) is -2.94. The Hall–Kier alpha value is -1.21. The van der Waals surface area contributed by atoms with E-state index in [0.29, 0.717) is 18.9 Å². The molecule has 0 bridgehead atoms. The lowest BCUT2D eigenvalue weighted by Crippen LogP contribution is -2.41. The molecule has 1 aromatic carbocycles. The molecule has 158 valence electrons. The van der Waals surface area contributed by atoms with Gasteiger partial charge in [-0.15, -0.1) is 11.8 Å². The van der Waals surface area contributed by atoms with Crippen LogP contribution >= 0.6 is 11.8 Å².